The summed E-state index contributed by atoms with van der Waals surface area (Å²) in [6.45, 7) is 6.97. The molecule has 1 rings (SSSR count). The summed E-state index contributed by atoms with van der Waals surface area (Å²) in [5.41, 5.74) is 0.611. The van der Waals surface area contributed by atoms with Crippen molar-refractivity contribution in [1.29, 1.82) is 0 Å². The van der Waals surface area contributed by atoms with Gasteiger partial charge >= 0.3 is 0 Å². The zero-order chi connectivity index (χ0) is 5.49. The lowest BCUT2D eigenvalue weighted by Gasteiger charge is -2.15. The van der Waals surface area contributed by atoms with Crippen LogP contribution in [0.3, 0.4) is 0 Å². The summed E-state index contributed by atoms with van der Waals surface area (Å²) in [6.07, 6.45) is 2.95. The smallest absolute Gasteiger partial charge is 0.0354 e. The normalized spacial score (nSPS) is 22.7. The number of hydrogen-bond donors (Lipinski definition) is 0. The van der Waals surface area contributed by atoms with Gasteiger partial charge in [-0.1, -0.05) is 20.8 Å². The van der Waals surface area contributed by atoms with Crippen LogP contribution in [0.4, 0.5) is 0 Å². The van der Waals surface area contributed by atoms with E-state index in [2.05, 4.69) is 20.8 Å². The summed E-state index contributed by atoms with van der Waals surface area (Å²) < 4.78 is 0. The van der Waals surface area contributed by atoms with Gasteiger partial charge in [-0.3, -0.25) is 0 Å². The molecule has 0 radical (unpaired) electrons. The average molecular weight is 98.2 g/mol. The minimum absolute atomic E-state index is 0.611. The second-order valence-electron chi connectivity index (χ2n) is 3.64. The predicted molar refractivity (Wildman–Crippen MR) is 32.2 cm³/mol. The highest BCUT2D eigenvalue weighted by molar-refractivity contribution is 4.84. The lowest BCUT2D eigenvalue weighted by molar-refractivity contribution is 0.351. The Kier molecular flexibility index (Phi) is 0.911. The molecule has 0 nitrogen and oxygen atoms in total. The summed E-state index contributed by atoms with van der Waals surface area (Å²) in [7, 11) is 0. The fraction of sp³-hybridized carbons (Fsp3) is 1.00. The van der Waals surface area contributed by atoms with Gasteiger partial charge in [0.15, 0.2) is 0 Å². The van der Waals surface area contributed by atoms with Crippen LogP contribution < -0.4 is 0 Å². The molecule has 0 bridgehead atoms. The van der Waals surface area contributed by atoms with Crippen LogP contribution in [0.25, 0.3) is 0 Å². The van der Waals surface area contributed by atoms with E-state index in [0.29, 0.717) is 5.41 Å². The molecule has 0 aliphatic heterocycles. The van der Waals surface area contributed by atoms with Gasteiger partial charge in [0.25, 0.3) is 0 Å². The Hall–Kier alpha value is 0. The molecule has 0 aromatic rings. The predicted octanol–water partition coefficient (Wildman–Crippen LogP) is 2.44. The van der Waals surface area contributed by atoms with Gasteiger partial charge < -0.3 is 0 Å². The SMILES string of the molecule is CC(C)(C)C1CC1. The molecule has 0 aromatic heterocycles. The van der Waals surface area contributed by atoms with Crippen LogP contribution in [-0.2, 0) is 0 Å². The number of rotatable bonds is 0. The van der Waals surface area contributed by atoms with Crippen molar-refractivity contribution in [1.82, 2.24) is 0 Å². The van der Waals surface area contributed by atoms with E-state index < -0.39 is 0 Å². The summed E-state index contributed by atoms with van der Waals surface area (Å²) in [4.78, 5) is 0. The van der Waals surface area contributed by atoms with E-state index in [0.717, 1.165) is 5.92 Å². The molecule has 0 amide bonds. The van der Waals surface area contributed by atoms with Crippen LogP contribution in [0.5, 0.6) is 0 Å². The van der Waals surface area contributed by atoms with Gasteiger partial charge in [-0.25, -0.2) is 0 Å². The average Bonchev–Trinajstić information content (AvgIpc) is 1.99. The van der Waals surface area contributed by atoms with E-state index in [1.54, 1.807) is 0 Å². The van der Waals surface area contributed by atoms with Crippen molar-refractivity contribution in [3.8, 4) is 0 Å². The molecule has 1 aliphatic carbocycles. The fourth-order valence-corrected chi connectivity index (χ4v) is 0.949. The highest BCUT2D eigenvalue weighted by atomic mass is 14.4. The molecule has 0 heteroatoms. The first-order valence-electron chi connectivity index (χ1n) is 3.11. The first-order chi connectivity index (χ1) is 3.11. The van der Waals surface area contributed by atoms with Crippen molar-refractivity contribution in [2.24, 2.45) is 11.3 Å². The molecule has 0 atom stereocenters. The third kappa shape index (κ3) is 1.19. The molecule has 1 aliphatic rings. The van der Waals surface area contributed by atoms with Gasteiger partial charge in [0, 0.05) is 0 Å². The van der Waals surface area contributed by atoms with Crippen LogP contribution >= 0.6 is 0 Å². The monoisotopic (exact) mass is 98.1 g/mol. The van der Waals surface area contributed by atoms with Crippen molar-refractivity contribution >= 4 is 0 Å². The summed E-state index contributed by atoms with van der Waals surface area (Å²) >= 11 is 0. The topological polar surface area (TPSA) is 0 Å². The van der Waals surface area contributed by atoms with Crippen LogP contribution in [-0.4, -0.2) is 0 Å². The van der Waals surface area contributed by atoms with E-state index >= 15 is 0 Å². The minimum Gasteiger partial charge on any atom is -0.0599 e. The maximum atomic E-state index is 2.32. The molecule has 0 N–H and O–H groups in total. The molecule has 1 saturated carbocycles. The first-order valence-corrected chi connectivity index (χ1v) is 3.11. The van der Waals surface area contributed by atoms with Gasteiger partial charge in [-0.05, 0) is 24.2 Å². The van der Waals surface area contributed by atoms with Crippen molar-refractivity contribution < 1.29 is 0 Å². The first kappa shape index (κ1) is 5.14. The molecule has 0 unspecified atom stereocenters. The van der Waals surface area contributed by atoms with Crippen LogP contribution in [0, 0.1) is 11.3 Å². The third-order valence-corrected chi connectivity index (χ3v) is 1.80. The van der Waals surface area contributed by atoms with Gasteiger partial charge in [0.1, 0.15) is 0 Å². The minimum atomic E-state index is 0.611. The van der Waals surface area contributed by atoms with Gasteiger partial charge in [0.2, 0.25) is 0 Å². The molecule has 0 spiro atoms. The Bertz CT molecular complexity index is 62.6. The van der Waals surface area contributed by atoms with E-state index in [1.807, 2.05) is 0 Å². The van der Waals surface area contributed by atoms with Crippen molar-refractivity contribution in [2.45, 2.75) is 33.6 Å². The quantitative estimate of drug-likeness (QED) is 0.436. The second kappa shape index (κ2) is 1.24. The van der Waals surface area contributed by atoms with Crippen LogP contribution in [0.15, 0.2) is 0 Å². The molecular formula is C7H14. The molecular weight excluding hydrogens is 84.1 g/mol. The standard InChI is InChI=1S/C7H14/c1-7(2,3)6-4-5-6/h6H,4-5H2,1-3H3. The van der Waals surface area contributed by atoms with Crippen LogP contribution in [0.2, 0.25) is 0 Å². The zero-order valence-electron chi connectivity index (χ0n) is 5.49. The maximum Gasteiger partial charge on any atom is -0.0354 e. The van der Waals surface area contributed by atoms with Crippen molar-refractivity contribution in [3.63, 3.8) is 0 Å². The van der Waals surface area contributed by atoms with Gasteiger partial charge in [0.05, 0.1) is 0 Å². The van der Waals surface area contributed by atoms with E-state index in [9.17, 15) is 0 Å². The third-order valence-electron chi connectivity index (χ3n) is 1.80. The molecule has 0 heterocycles. The maximum absolute atomic E-state index is 2.32. The molecule has 0 saturated heterocycles. The Balaban J connectivity index is 2.36. The fourth-order valence-electron chi connectivity index (χ4n) is 0.949. The van der Waals surface area contributed by atoms with E-state index in [-0.39, 0.29) is 0 Å². The zero-order valence-corrected chi connectivity index (χ0v) is 5.49. The van der Waals surface area contributed by atoms with Crippen LogP contribution in [0.1, 0.15) is 33.6 Å². The summed E-state index contributed by atoms with van der Waals surface area (Å²) in [5, 5.41) is 0. The van der Waals surface area contributed by atoms with E-state index in [1.165, 1.54) is 12.8 Å². The van der Waals surface area contributed by atoms with Gasteiger partial charge in [-0.2, -0.15) is 0 Å². The highest BCUT2D eigenvalue weighted by Gasteiger charge is 2.33. The lowest BCUT2D eigenvalue weighted by Crippen LogP contribution is -2.06. The summed E-state index contributed by atoms with van der Waals surface area (Å²) in [6, 6.07) is 0. The Labute approximate surface area is 45.9 Å². The van der Waals surface area contributed by atoms with Crippen molar-refractivity contribution in [3.05, 3.63) is 0 Å². The highest BCUT2D eigenvalue weighted by Crippen LogP contribution is 2.44. The molecule has 7 heavy (non-hydrogen) atoms. The Morgan fingerprint density at radius 3 is 1.57 bits per heavy atom. The lowest BCUT2D eigenvalue weighted by atomic mass is 9.91. The summed E-state index contributed by atoms with van der Waals surface area (Å²) in [5.74, 6) is 1.05. The Morgan fingerprint density at radius 1 is 1.14 bits per heavy atom. The number of hydrogen-bond acceptors (Lipinski definition) is 0. The largest absolute Gasteiger partial charge is 0.0599 e. The molecule has 0 aromatic carbocycles. The molecule has 1 fully saturated rings. The van der Waals surface area contributed by atoms with E-state index in [4.69, 9.17) is 0 Å². The second-order valence-corrected chi connectivity index (χ2v) is 3.64. The van der Waals surface area contributed by atoms with Gasteiger partial charge in [-0.15, -0.1) is 0 Å². The Morgan fingerprint density at radius 2 is 1.57 bits per heavy atom. The molecule has 42 valence electrons. The van der Waals surface area contributed by atoms with Crippen molar-refractivity contribution in [2.75, 3.05) is 0 Å².